The lowest BCUT2D eigenvalue weighted by Gasteiger charge is -2.61. The van der Waals surface area contributed by atoms with Gasteiger partial charge in [0.1, 0.15) is 5.82 Å². The molecular formula is C20H27N3O2. The van der Waals surface area contributed by atoms with Crippen LogP contribution in [-0.2, 0) is 0 Å². The van der Waals surface area contributed by atoms with E-state index in [1.54, 1.807) is 12.1 Å². The van der Waals surface area contributed by atoms with Crippen LogP contribution in [0.1, 0.15) is 49.0 Å². The van der Waals surface area contributed by atoms with Gasteiger partial charge in [0, 0.05) is 31.7 Å². The first-order valence-electron chi connectivity index (χ1n) is 9.82. The Hall–Kier alpha value is -1.62. The third-order valence-corrected chi connectivity index (χ3v) is 7.23. The van der Waals surface area contributed by atoms with Gasteiger partial charge in [-0.15, -0.1) is 0 Å². The van der Waals surface area contributed by atoms with Gasteiger partial charge in [0.25, 0.3) is 0 Å². The molecule has 5 aliphatic rings. The van der Waals surface area contributed by atoms with Gasteiger partial charge >= 0.3 is 5.97 Å². The van der Waals surface area contributed by atoms with Crippen LogP contribution in [0.15, 0.2) is 18.2 Å². The van der Waals surface area contributed by atoms with Gasteiger partial charge in [-0.2, -0.15) is 0 Å². The first-order chi connectivity index (χ1) is 12.1. The first-order valence-corrected chi connectivity index (χ1v) is 9.82. The fourth-order valence-electron chi connectivity index (χ4n) is 6.58. The highest BCUT2D eigenvalue weighted by Gasteiger charge is 2.53. The van der Waals surface area contributed by atoms with Gasteiger partial charge < -0.3 is 10.0 Å². The molecule has 5 heteroatoms. The maximum atomic E-state index is 11.2. The zero-order chi connectivity index (χ0) is 17.0. The molecule has 1 aromatic heterocycles. The number of anilines is 1. The van der Waals surface area contributed by atoms with Gasteiger partial charge in [0.2, 0.25) is 0 Å². The van der Waals surface area contributed by atoms with E-state index in [0.717, 1.165) is 49.8 Å². The van der Waals surface area contributed by atoms with E-state index in [1.807, 2.05) is 6.07 Å². The summed E-state index contributed by atoms with van der Waals surface area (Å²) >= 11 is 0. The summed E-state index contributed by atoms with van der Waals surface area (Å²) in [5.74, 6) is 2.81. The molecule has 1 aliphatic heterocycles. The highest BCUT2D eigenvalue weighted by atomic mass is 16.4. The van der Waals surface area contributed by atoms with Gasteiger partial charge in [-0.3, -0.25) is 4.90 Å². The number of carboxylic acid groups (broad SMARTS) is 1. The predicted molar refractivity (Wildman–Crippen MR) is 95.9 cm³/mol. The summed E-state index contributed by atoms with van der Waals surface area (Å²) in [5, 5.41) is 9.16. The minimum atomic E-state index is -0.950. The third-order valence-electron chi connectivity index (χ3n) is 7.23. The molecular weight excluding hydrogens is 314 g/mol. The summed E-state index contributed by atoms with van der Waals surface area (Å²) in [6.45, 7) is 4.09. The van der Waals surface area contributed by atoms with E-state index in [9.17, 15) is 4.79 Å². The summed E-state index contributed by atoms with van der Waals surface area (Å²) in [6.07, 6.45) is 8.74. The van der Waals surface area contributed by atoms with Crippen molar-refractivity contribution in [2.45, 2.75) is 44.1 Å². The molecule has 1 saturated heterocycles. The van der Waals surface area contributed by atoms with E-state index in [0.29, 0.717) is 5.54 Å². The molecule has 4 aliphatic carbocycles. The summed E-state index contributed by atoms with van der Waals surface area (Å²) in [4.78, 5) is 20.5. The number of aromatic nitrogens is 1. The van der Waals surface area contributed by atoms with Crippen molar-refractivity contribution in [3.8, 4) is 0 Å². The van der Waals surface area contributed by atoms with Crippen LogP contribution in [-0.4, -0.2) is 52.7 Å². The van der Waals surface area contributed by atoms with E-state index in [-0.39, 0.29) is 5.69 Å². The molecule has 2 heterocycles. The van der Waals surface area contributed by atoms with Crippen LogP contribution in [0.2, 0.25) is 0 Å². The second-order valence-electron chi connectivity index (χ2n) is 8.80. The van der Waals surface area contributed by atoms with Gasteiger partial charge in [0.15, 0.2) is 5.69 Å². The number of carbonyl (C=O) groups is 1. The highest BCUT2D eigenvalue weighted by Crippen LogP contribution is 2.57. The Bertz CT molecular complexity index is 646. The quantitative estimate of drug-likeness (QED) is 0.916. The first kappa shape index (κ1) is 15.6. The second kappa shape index (κ2) is 5.70. The number of carboxylic acids is 1. The van der Waals surface area contributed by atoms with Crippen LogP contribution >= 0.6 is 0 Å². The molecule has 1 aromatic rings. The Morgan fingerprint density at radius 1 is 1.00 bits per heavy atom. The maximum Gasteiger partial charge on any atom is 0.354 e. The Kier molecular flexibility index (Phi) is 3.56. The van der Waals surface area contributed by atoms with Gasteiger partial charge in [-0.05, 0) is 68.4 Å². The fourth-order valence-corrected chi connectivity index (χ4v) is 6.58. The normalized spacial score (nSPS) is 37.4. The topological polar surface area (TPSA) is 56.7 Å². The lowest BCUT2D eigenvalue weighted by molar-refractivity contribution is -0.0901. The number of piperazine rings is 1. The third kappa shape index (κ3) is 2.64. The van der Waals surface area contributed by atoms with E-state index in [4.69, 9.17) is 5.11 Å². The minimum absolute atomic E-state index is 0.140. The van der Waals surface area contributed by atoms with Crippen molar-refractivity contribution in [1.82, 2.24) is 9.88 Å². The molecule has 0 radical (unpaired) electrons. The fraction of sp³-hybridized carbons (Fsp3) is 0.700. The van der Waals surface area contributed by atoms with Crippen LogP contribution in [0.4, 0.5) is 5.82 Å². The second-order valence-corrected chi connectivity index (χ2v) is 8.80. The zero-order valence-corrected chi connectivity index (χ0v) is 14.7. The standard InChI is InChI=1S/C20H27N3O2/c24-19(25)17-2-1-3-18(21-17)22-4-6-23(7-5-22)20-11-14-8-15(12-20)10-16(9-14)13-20/h1-3,14-16H,4-13H2,(H,24,25). The zero-order valence-electron chi connectivity index (χ0n) is 14.7. The van der Waals surface area contributed by atoms with Crippen LogP contribution in [0.25, 0.3) is 0 Å². The SMILES string of the molecule is O=C(O)c1cccc(N2CCN(C34CC5CC(CC(C5)C3)C4)CC2)n1. The molecule has 5 nitrogen and oxygen atoms in total. The van der Waals surface area contributed by atoms with E-state index >= 15 is 0 Å². The van der Waals surface area contributed by atoms with Crippen molar-refractivity contribution in [2.24, 2.45) is 17.8 Å². The molecule has 6 rings (SSSR count). The molecule has 0 amide bonds. The van der Waals surface area contributed by atoms with E-state index in [2.05, 4.69) is 14.8 Å². The molecule has 25 heavy (non-hydrogen) atoms. The van der Waals surface area contributed by atoms with Crippen molar-refractivity contribution in [2.75, 3.05) is 31.1 Å². The number of hydrogen-bond donors (Lipinski definition) is 1. The number of nitrogens with zero attached hydrogens (tertiary/aromatic N) is 3. The molecule has 0 spiro atoms. The Balaban J connectivity index is 1.29. The summed E-state index contributed by atoms with van der Waals surface area (Å²) in [5.41, 5.74) is 0.623. The van der Waals surface area contributed by atoms with Crippen molar-refractivity contribution >= 4 is 11.8 Å². The van der Waals surface area contributed by atoms with Crippen LogP contribution in [0, 0.1) is 17.8 Å². The average Bonchev–Trinajstić information content (AvgIpc) is 2.61. The predicted octanol–water partition coefficient (Wildman–Crippen LogP) is 2.87. The van der Waals surface area contributed by atoms with Crippen LogP contribution in [0.3, 0.4) is 0 Å². The molecule has 0 unspecified atom stereocenters. The van der Waals surface area contributed by atoms with Gasteiger partial charge in [-0.1, -0.05) is 6.07 Å². The Morgan fingerprint density at radius 3 is 2.16 bits per heavy atom. The summed E-state index contributed by atoms with van der Waals surface area (Å²) in [6, 6.07) is 5.31. The van der Waals surface area contributed by atoms with Crippen LogP contribution in [0.5, 0.6) is 0 Å². The van der Waals surface area contributed by atoms with Crippen molar-refractivity contribution < 1.29 is 9.90 Å². The molecule has 4 saturated carbocycles. The van der Waals surface area contributed by atoms with E-state index in [1.165, 1.54) is 38.5 Å². The Labute approximate surface area is 149 Å². The largest absolute Gasteiger partial charge is 0.477 e. The number of hydrogen-bond acceptors (Lipinski definition) is 4. The molecule has 0 aromatic carbocycles. The van der Waals surface area contributed by atoms with Gasteiger partial charge in [0.05, 0.1) is 0 Å². The molecule has 1 N–H and O–H groups in total. The number of rotatable bonds is 3. The lowest BCUT2D eigenvalue weighted by Crippen LogP contribution is -2.64. The number of aromatic carboxylic acids is 1. The minimum Gasteiger partial charge on any atom is -0.477 e. The van der Waals surface area contributed by atoms with Crippen molar-refractivity contribution in [3.05, 3.63) is 23.9 Å². The Morgan fingerprint density at radius 2 is 1.60 bits per heavy atom. The number of pyridine rings is 1. The molecule has 5 fully saturated rings. The van der Waals surface area contributed by atoms with Gasteiger partial charge in [-0.25, -0.2) is 9.78 Å². The maximum absolute atomic E-state index is 11.2. The summed E-state index contributed by atoms with van der Waals surface area (Å²) < 4.78 is 0. The molecule has 0 atom stereocenters. The monoisotopic (exact) mass is 341 g/mol. The molecule has 4 bridgehead atoms. The lowest BCUT2D eigenvalue weighted by atomic mass is 9.52. The average molecular weight is 341 g/mol. The van der Waals surface area contributed by atoms with E-state index < -0.39 is 5.97 Å². The molecule has 134 valence electrons. The van der Waals surface area contributed by atoms with Crippen molar-refractivity contribution in [3.63, 3.8) is 0 Å². The van der Waals surface area contributed by atoms with Crippen LogP contribution < -0.4 is 4.90 Å². The summed E-state index contributed by atoms with van der Waals surface area (Å²) in [7, 11) is 0. The van der Waals surface area contributed by atoms with Crippen molar-refractivity contribution in [1.29, 1.82) is 0 Å². The highest BCUT2D eigenvalue weighted by molar-refractivity contribution is 5.85. The smallest absolute Gasteiger partial charge is 0.354 e.